The Hall–Kier alpha value is -0.510. The topological polar surface area (TPSA) is 29.3 Å². The van der Waals surface area contributed by atoms with Crippen LogP contribution in [0.15, 0.2) is 24.3 Å². The van der Waals surface area contributed by atoms with Crippen LogP contribution in [0.4, 0.5) is 0 Å². The summed E-state index contributed by atoms with van der Waals surface area (Å²) in [4.78, 5) is 2.42. The molecule has 0 aromatic heterocycles. The maximum atomic E-state index is 6.44. The van der Waals surface area contributed by atoms with E-state index in [1.54, 1.807) is 0 Å². The molecule has 0 saturated carbocycles. The molecule has 1 aliphatic rings. The SMILES string of the molecule is CN1CCSCC1C(N)Cc1ccc(C(C)(C)C)cc1. The molecule has 0 spiro atoms. The van der Waals surface area contributed by atoms with Gasteiger partial charge in [0.15, 0.2) is 0 Å². The molecule has 3 heteroatoms. The minimum Gasteiger partial charge on any atom is -0.326 e. The van der Waals surface area contributed by atoms with Gasteiger partial charge >= 0.3 is 0 Å². The van der Waals surface area contributed by atoms with Crippen LogP contribution in [-0.2, 0) is 11.8 Å². The van der Waals surface area contributed by atoms with Crippen molar-refractivity contribution < 1.29 is 0 Å². The predicted molar refractivity (Wildman–Crippen MR) is 90.6 cm³/mol. The molecule has 0 bridgehead atoms. The van der Waals surface area contributed by atoms with Crippen LogP contribution in [-0.4, -0.2) is 42.1 Å². The van der Waals surface area contributed by atoms with Gasteiger partial charge in [0.25, 0.3) is 0 Å². The van der Waals surface area contributed by atoms with E-state index < -0.39 is 0 Å². The van der Waals surface area contributed by atoms with E-state index in [2.05, 4.69) is 57.0 Å². The first-order chi connectivity index (χ1) is 9.38. The highest BCUT2D eigenvalue weighted by Gasteiger charge is 2.25. The van der Waals surface area contributed by atoms with Gasteiger partial charge < -0.3 is 10.6 Å². The lowest BCUT2D eigenvalue weighted by atomic mass is 9.86. The molecule has 0 radical (unpaired) electrons. The van der Waals surface area contributed by atoms with Gasteiger partial charge in [-0.05, 0) is 30.0 Å². The molecule has 1 aliphatic heterocycles. The van der Waals surface area contributed by atoms with Crippen LogP contribution in [0.25, 0.3) is 0 Å². The Morgan fingerprint density at radius 3 is 2.50 bits per heavy atom. The second-order valence-electron chi connectivity index (χ2n) is 6.94. The molecule has 1 aromatic rings. The predicted octanol–water partition coefficient (Wildman–Crippen LogP) is 2.90. The lowest BCUT2D eigenvalue weighted by molar-refractivity contribution is 0.235. The summed E-state index contributed by atoms with van der Waals surface area (Å²) in [6.07, 6.45) is 0.972. The number of hydrogen-bond acceptors (Lipinski definition) is 3. The quantitative estimate of drug-likeness (QED) is 0.929. The molecule has 2 nitrogen and oxygen atoms in total. The van der Waals surface area contributed by atoms with Crippen molar-refractivity contribution >= 4 is 11.8 Å². The molecule has 1 fully saturated rings. The Labute approximate surface area is 128 Å². The molecular weight excluding hydrogens is 264 g/mol. The smallest absolute Gasteiger partial charge is 0.0338 e. The third kappa shape index (κ3) is 4.00. The van der Waals surface area contributed by atoms with E-state index in [4.69, 9.17) is 5.73 Å². The van der Waals surface area contributed by atoms with Crippen molar-refractivity contribution in [1.82, 2.24) is 4.90 Å². The first-order valence-corrected chi connectivity index (χ1v) is 8.66. The van der Waals surface area contributed by atoms with Crippen LogP contribution in [0.3, 0.4) is 0 Å². The highest BCUT2D eigenvalue weighted by atomic mass is 32.2. The Balaban J connectivity index is 1.99. The molecule has 0 amide bonds. The third-order valence-corrected chi connectivity index (χ3v) is 5.28. The zero-order valence-corrected chi connectivity index (χ0v) is 14.0. The number of likely N-dealkylation sites (N-methyl/N-ethyl adjacent to an activating group) is 1. The number of hydrogen-bond donors (Lipinski definition) is 1. The van der Waals surface area contributed by atoms with Crippen molar-refractivity contribution in [1.29, 1.82) is 0 Å². The molecule has 1 heterocycles. The van der Waals surface area contributed by atoms with Crippen LogP contribution in [0.5, 0.6) is 0 Å². The fourth-order valence-electron chi connectivity index (χ4n) is 2.71. The molecule has 20 heavy (non-hydrogen) atoms. The zero-order valence-electron chi connectivity index (χ0n) is 13.2. The Bertz CT molecular complexity index is 422. The number of benzene rings is 1. The fourth-order valence-corrected chi connectivity index (χ4v) is 4.03. The van der Waals surface area contributed by atoms with Crippen molar-refractivity contribution in [3.8, 4) is 0 Å². The summed E-state index contributed by atoms with van der Waals surface area (Å²) >= 11 is 2.03. The molecule has 1 aromatic carbocycles. The fraction of sp³-hybridized carbons (Fsp3) is 0.647. The van der Waals surface area contributed by atoms with Gasteiger partial charge in [-0.2, -0.15) is 11.8 Å². The van der Waals surface area contributed by atoms with Crippen molar-refractivity contribution in [2.45, 2.75) is 44.7 Å². The van der Waals surface area contributed by atoms with Crippen molar-refractivity contribution in [2.75, 3.05) is 25.1 Å². The van der Waals surface area contributed by atoms with E-state index in [1.807, 2.05) is 11.8 Å². The highest BCUT2D eigenvalue weighted by molar-refractivity contribution is 7.99. The van der Waals surface area contributed by atoms with E-state index in [0.29, 0.717) is 6.04 Å². The molecule has 0 aliphatic carbocycles. The van der Waals surface area contributed by atoms with Crippen LogP contribution in [0, 0.1) is 0 Å². The summed E-state index contributed by atoms with van der Waals surface area (Å²) in [6.45, 7) is 7.91. The summed E-state index contributed by atoms with van der Waals surface area (Å²) in [6, 6.07) is 9.74. The number of nitrogens with zero attached hydrogens (tertiary/aromatic N) is 1. The second-order valence-corrected chi connectivity index (χ2v) is 8.09. The Morgan fingerprint density at radius 2 is 1.95 bits per heavy atom. The highest BCUT2D eigenvalue weighted by Crippen LogP contribution is 2.23. The van der Waals surface area contributed by atoms with Gasteiger partial charge in [0.2, 0.25) is 0 Å². The maximum Gasteiger partial charge on any atom is 0.0338 e. The molecule has 2 N–H and O–H groups in total. The van der Waals surface area contributed by atoms with Gasteiger partial charge in [-0.15, -0.1) is 0 Å². The summed E-state index contributed by atoms with van der Waals surface area (Å²) in [5.41, 5.74) is 9.41. The first-order valence-electron chi connectivity index (χ1n) is 7.51. The van der Waals surface area contributed by atoms with Gasteiger partial charge in [0, 0.05) is 30.1 Å². The van der Waals surface area contributed by atoms with Gasteiger partial charge in [0.1, 0.15) is 0 Å². The monoisotopic (exact) mass is 292 g/mol. The number of rotatable bonds is 3. The molecular formula is C17H28N2S. The van der Waals surface area contributed by atoms with Gasteiger partial charge in [-0.1, -0.05) is 45.0 Å². The average Bonchev–Trinajstić information content (AvgIpc) is 2.38. The standard InChI is InChI=1S/C17H28N2S/c1-17(2,3)14-7-5-13(6-8-14)11-15(18)16-12-20-10-9-19(16)4/h5-8,15-16H,9-12,18H2,1-4H3. The van der Waals surface area contributed by atoms with E-state index in [1.165, 1.54) is 16.9 Å². The molecule has 2 unspecified atom stereocenters. The summed E-state index contributed by atoms with van der Waals surface area (Å²) in [5.74, 6) is 2.40. The second kappa shape index (κ2) is 6.50. The summed E-state index contributed by atoms with van der Waals surface area (Å²) in [5, 5.41) is 0. The lowest BCUT2D eigenvalue weighted by Gasteiger charge is -2.36. The maximum absolute atomic E-state index is 6.44. The third-order valence-electron chi connectivity index (χ3n) is 4.23. The molecule has 2 rings (SSSR count). The molecule has 2 atom stereocenters. The van der Waals surface area contributed by atoms with Gasteiger partial charge in [-0.25, -0.2) is 0 Å². The van der Waals surface area contributed by atoms with E-state index in [-0.39, 0.29) is 11.5 Å². The molecule has 112 valence electrons. The largest absolute Gasteiger partial charge is 0.326 e. The number of nitrogens with two attached hydrogens (primary N) is 1. The van der Waals surface area contributed by atoms with Crippen molar-refractivity contribution in [3.63, 3.8) is 0 Å². The zero-order chi connectivity index (χ0) is 14.8. The minimum atomic E-state index is 0.223. The van der Waals surface area contributed by atoms with Crippen molar-refractivity contribution in [2.24, 2.45) is 5.73 Å². The van der Waals surface area contributed by atoms with Crippen LogP contribution >= 0.6 is 11.8 Å². The normalized spacial score (nSPS) is 22.8. The minimum absolute atomic E-state index is 0.223. The Kier molecular flexibility index (Phi) is 5.16. The molecule has 1 saturated heterocycles. The van der Waals surface area contributed by atoms with E-state index >= 15 is 0 Å². The van der Waals surface area contributed by atoms with E-state index in [9.17, 15) is 0 Å². The Morgan fingerprint density at radius 1 is 1.30 bits per heavy atom. The van der Waals surface area contributed by atoms with Crippen LogP contribution in [0.1, 0.15) is 31.9 Å². The van der Waals surface area contributed by atoms with E-state index in [0.717, 1.165) is 18.7 Å². The average molecular weight is 292 g/mol. The summed E-state index contributed by atoms with van der Waals surface area (Å²) in [7, 11) is 2.20. The van der Waals surface area contributed by atoms with Gasteiger partial charge in [-0.3, -0.25) is 0 Å². The van der Waals surface area contributed by atoms with Crippen LogP contribution < -0.4 is 5.73 Å². The van der Waals surface area contributed by atoms with Crippen molar-refractivity contribution in [3.05, 3.63) is 35.4 Å². The summed E-state index contributed by atoms with van der Waals surface area (Å²) < 4.78 is 0. The lowest BCUT2D eigenvalue weighted by Crippen LogP contribution is -2.51. The van der Waals surface area contributed by atoms with Gasteiger partial charge in [0.05, 0.1) is 0 Å². The van der Waals surface area contributed by atoms with Crippen LogP contribution in [0.2, 0.25) is 0 Å². The first kappa shape index (κ1) is 15.9. The number of thioether (sulfide) groups is 1.